The lowest BCUT2D eigenvalue weighted by molar-refractivity contribution is 0.276. The van der Waals surface area contributed by atoms with Crippen LogP contribution in [-0.4, -0.2) is 11.5 Å². The van der Waals surface area contributed by atoms with Crippen LogP contribution in [0.4, 0.5) is 0 Å². The van der Waals surface area contributed by atoms with Crippen molar-refractivity contribution in [3.63, 3.8) is 0 Å². The zero-order chi connectivity index (χ0) is 11.5. The summed E-state index contributed by atoms with van der Waals surface area (Å²) in [4.78, 5) is 4.14. The van der Waals surface area contributed by atoms with E-state index in [0.717, 1.165) is 6.54 Å². The topological polar surface area (TPSA) is 24.9 Å². The van der Waals surface area contributed by atoms with E-state index in [2.05, 4.69) is 51.0 Å². The van der Waals surface area contributed by atoms with Crippen LogP contribution in [0.2, 0.25) is 0 Å². The van der Waals surface area contributed by atoms with Gasteiger partial charge in [0.2, 0.25) is 0 Å². The van der Waals surface area contributed by atoms with Crippen LogP contribution < -0.4 is 5.32 Å². The summed E-state index contributed by atoms with van der Waals surface area (Å²) < 4.78 is 0. The predicted molar refractivity (Wildman–Crippen MR) is 64.8 cm³/mol. The molecule has 0 aromatic carbocycles. The molecule has 0 aliphatic rings. The molecule has 1 aromatic rings. The van der Waals surface area contributed by atoms with Crippen LogP contribution in [-0.2, 0) is 0 Å². The Hall–Kier alpha value is -0.890. The van der Waals surface area contributed by atoms with Crippen molar-refractivity contribution in [2.45, 2.75) is 40.7 Å². The Bertz CT molecular complexity index is 313. The van der Waals surface area contributed by atoms with Gasteiger partial charge in [-0.05, 0) is 36.1 Å². The Morgan fingerprint density at radius 3 is 2.53 bits per heavy atom. The lowest BCUT2D eigenvalue weighted by Crippen LogP contribution is -2.32. The van der Waals surface area contributed by atoms with E-state index in [1.54, 1.807) is 0 Å². The normalized spacial score (nSPS) is 13.9. The monoisotopic (exact) mass is 206 g/mol. The van der Waals surface area contributed by atoms with Crippen molar-refractivity contribution in [1.82, 2.24) is 10.3 Å². The number of aryl methyl sites for hydroxylation is 1. The Morgan fingerprint density at radius 2 is 2.07 bits per heavy atom. The molecule has 0 bridgehead atoms. The number of aromatic nitrogens is 1. The van der Waals surface area contributed by atoms with E-state index in [0.29, 0.717) is 6.04 Å². The molecular weight excluding hydrogens is 184 g/mol. The molecule has 1 atom stereocenters. The van der Waals surface area contributed by atoms with Crippen molar-refractivity contribution in [3.05, 3.63) is 29.6 Å². The van der Waals surface area contributed by atoms with Gasteiger partial charge in [-0.1, -0.05) is 27.7 Å². The number of pyridine rings is 1. The van der Waals surface area contributed by atoms with Crippen molar-refractivity contribution in [2.75, 3.05) is 6.54 Å². The highest BCUT2D eigenvalue weighted by Gasteiger charge is 2.26. The van der Waals surface area contributed by atoms with E-state index in [-0.39, 0.29) is 5.41 Å². The van der Waals surface area contributed by atoms with Crippen LogP contribution in [0.5, 0.6) is 0 Å². The molecule has 1 aromatic heterocycles. The molecule has 0 aliphatic heterocycles. The maximum absolute atomic E-state index is 4.14. The highest BCUT2D eigenvalue weighted by atomic mass is 14.9. The Labute approximate surface area is 93.1 Å². The predicted octanol–water partition coefficient (Wildman–Crippen LogP) is 3.09. The maximum Gasteiger partial charge on any atom is 0.0372 e. The third-order valence-electron chi connectivity index (χ3n) is 2.65. The molecule has 0 fully saturated rings. The van der Waals surface area contributed by atoms with Gasteiger partial charge >= 0.3 is 0 Å². The molecule has 0 saturated heterocycles. The van der Waals surface area contributed by atoms with E-state index < -0.39 is 0 Å². The van der Waals surface area contributed by atoms with Crippen molar-refractivity contribution in [1.29, 1.82) is 0 Å². The molecule has 2 heteroatoms. The molecule has 1 rings (SSSR count). The molecule has 0 spiro atoms. The fraction of sp³-hybridized carbons (Fsp3) is 0.615. The largest absolute Gasteiger partial charge is 0.310 e. The van der Waals surface area contributed by atoms with Gasteiger partial charge in [0.15, 0.2) is 0 Å². The zero-order valence-corrected chi connectivity index (χ0v) is 10.5. The fourth-order valence-corrected chi connectivity index (χ4v) is 1.89. The average Bonchev–Trinajstić information content (AvgIpc) is 2.14. The first-order chi connectivity index (χ1) is 6.96. The molecule has 1 heterocycles. The van der Waals surface area contributed by atoms with Gasteiger partial charge in [-0.15, -0.1) is 0 Å². The standard InChI is InChI=1S/C13H22N2/c1-6-15-12(13(3,4)5)11-7-8-14-9-10(11)2/h7-9,12,15H,6H2,1-5H3. The van der Waals surface area contributed by atoms with Gasteiger partial charge in [-0.25, -0.2) is 0 Å². The number of rotatable bonds is 3. The summed E-state index contributed by atoms with van der Waals surface area (Å²) in [5.41, 5.74) is 2.85. The Balaban J connectivity index is 3.05. The van der Waals surface area contributed by atoms with Gasteiger partial charge in [-0.2, -0.15) is 0 Å². The first kappa shape index (κ1) is 12.2. The summed E-state index contributed by atoms with van der Waals surface area (Å²) in [5, 5.41) is 3.55. The van der Waals surface area contributed by atoms with Crippen LogP contribution >= 0.6 is 0 Å². The van der Waals surface area contributed by atoms with Crippen molar-refractivity contribution in [2.24, 2.45) is 5.41 Å². The molecule has 2 nitrogen and oxygen atoms in total. The molecule has 0 amide bonds. The SMILES string of the molecule is CCNC(c1ccncc1C)C(C)(C)C. The molecule has 84 valence electrons. The minimum atomic E-state index is 0.224. The third-order valence-corrected chi connectivity index (χ3v) is 2.65. The van der Waals surface area contributed by atoms with E-state index >= 15 is 0 Å². The van der Waals surface area contributed by atoms with Gasteiger partial charge in [-0.3, -0.25) is 4.98 Å². The summed E-state index contributed by atoms with van der Waals surface area (Å²) in [5.74, 6) is 0. The van der Waals surface area contributed by atoms with Gasteiger partial charge in [0.1, 0.15) is 0 Å². The van der Waals surface area contributed by atoms with E-state index in [1.807, 2.05) is 12.4 Å². The number of hydrogen-bond donors (Lipinski definition) is 1. The molecule has 15 heavy (non-hydrogen) atoms. The Kier molecular flexibility index (Phi) is 3.86. The van der Waals surface area contributed by atoms with E-state index in [4.69, 9.17) is 0 Å². The smallest absolute Gasteiger partial charge is 0.0372 e. The van der Waals surface area contributed by atoms with Gasteiger partial charge in [0, 0.05) is 18.4 Å². The van der Waals surface area contributed by atoms with Crippen molar-refractivity contribution in [3.8, 4) is 0 Å². The van der Waals surface area contributed by atoms with Crippen LogP contribution in [0, 0.1) is 12.3 Å². The second-order valence-corrected chi connectivity index (χ2v) is 5.09. The maximum atomic E-state index is 4.14. The van der Waals surface area contributed by atoms with Crippen LogP contribution in [0.1, 0.15) is 44.9 Å². The fourth-order valence-electron chi connectivity index (χ4n) is 1.89. The van der Waals surface area contributed by atoms with Gasteiger partial charge in [0.25, 0.3) is 0 Å². The van der Waals surface area contributed by atoms with Crippen LogP contribution in [0.25, 0.3) is 0 Å². The van der Waals surface area contributed by atoms with E-state index in [1.165, 1.54) is 11.1 Å². The first-order valence-corrected chi connectivity index (χ1v) is 5.60. The summed E-state index contributed by atoms with van der Waals surface area (Å²) in [6.45, 7) is 12.1. The molecular formula is C13H22N2. The summed E-state index contributed by atoms with van der Waals surface area (Å²) in [7, 11) is 0. The minimum Gasteiger partial charge on any atom is -0.310 e. The number of hydrogen-bond acceptors (Lipinski definition) is 2. The van der Waals surface area contributed by atoms with Crippen LogP contribution in [0.3, 0.4) is 0 Å². The van der Waals surface area contributed by atoms with Crippen molar-refractivity contribution >= 4 is 0 Å². The first-order valence-electron chi connectivity index (χ1n) is 5.60. The van der Waals surface area contributed by atoms with Crippen LogP contribution in [0.15, 0.2) is 18.5 Å². The lowest BCUT2D eigenvalue weighted by atomic mass is 9.81. The zero-order valence-electron chi connectivity index (χ0n) is 10.5. The number of nitrogens with one attached hydrogen (secondary N) is 1. The third kappa shape index (κ3) is 3.03. The summed E-state index contributed by atoms with van der Waals surface area (Å²) >= 11 is 0. The summed E-state index contributed by atoms with van der Waals surface area (Å²) in [6.07, 6.45) is 3.81. The molecule has 0 aliphatic carbocycles. The van der Waals surface area contributed by atoms with Gasteiger partial charge in [0.05, 0.1) is 0 Å². The molecule has 0 radical (unpaired) electrons. The molecule has 1 N–H and O–H groups in total. The second-order valence-electron chi connectivity index (χ2n) is 5.09. The Morgan fingerprint density at radius 1 is 1.40 bits per heavy atom. The van der Waals surface area contributed by atoms with E-state index in [9.17, 15) is 0 Å². The lowest BCUT2D eigenvalue weighted by Gasteiger charge is -2.32. The minimum absolute atomic E-state index is 0.224. The molecule has 0 saturated carbocycles. The summed E-state index contributed by atoms with van der Waals surface area (Å²) in [6, 6.07) is 2.51. The van der Waals surface area contributed by atoms with Gasteiger partial charge < -0.3 is 5.32 Å². The highest BCUT2D eigenvalue weighted by Crippen LogP contribution is 2.33. The van der Waals surface area contributed by atoms with Crippen molar-refractivity contribution < 1.29 is 0 Å². The number of nitrogens with zero attached hydrogens (tertiary/aromatic N) is 1. The second kappa shape index (κ2) is 4.75. The highest BCUT2D eigenvalue weighted by molar-refractivity contribution is 5.26. The quantitative estimate of drug-likeness (QED) is 0.822. The molecule has 1 unspecified atom stereocenters. The average molecular weight is 206 g/mol.